The van der Waals surface area contributed by atoms with Crippen molar-refractivity contribution in [2.45, 2.75) is 55.6 Å². The summed E-state index contributed by atoms with van der Waals surface area (Å²) in [6, 6.07) is 28.2. The van der Waals surface area contributed by atoms with Gasteiger partial charge in [-0.3, -0.25) is 9.69 Å². The van der Waals surface area contributed by atoms with Crippen molar-refractivity contribution in [1.82, 2.24) is 20.4 Å². The van der Waals surface area contributed by atoms with Crippen molar-refractivity contribution in [2.24, 2.45) is 0 Å². The Morgan fingerprint density at radius 2 is 1.42 bits per heavy atom. The van der Waals surface area contributed by atoms with Crippen LogP contribution in [-0.2, 0) is 15.8 Å². The normalized spacial score (nSPS) is 17.9. The molecule has 0 unspecified atom stereocenters. The Morgan fingerprint density at radius 3 is 1.98 bits per heavy atom. The summed E-state index contributed by atoms with van der Waals surface area (Å²) in [6.45, 7) is 4.33. The van der Waals surface area contributed by atoms with Crippen LogP contribution in [0.4, 0.5) is 4.79 Å². The fraction of sp³-hybridized carbons (Fsp3) is 0.444. The van der Waals surface area contributed by atoms with Crippen LogP contribution < -0.4 is 10.6 Å². The summed E-state index contributed by atoms with van der Waals surface area (Å²) in [5.41, 5.74) is 1.99. The Morgan fingerprint density at radius 1 is 0.844 bits per heavy atom. The lowest BCUT2D eigenvalue weighted by atomic mass is 9.71. The van der Waals surface area contributed by atoms with E-state index in [1.165, 1.54) is 0 Å². The van der Waals surface area contributed by atoms with Gasteiger partial charge in [0, 0.05) is 49.2 Å². The van der Waals surface area contributed by atoms with Crippen molar-refractivity contribution in [2.75, 3.05) is 45.8 Å². The van der Waals surface area contributed by atoms with Gasteiger partial charge in [0.05, 0.1) is 12.1 Å². The van der Waals surface area contributed by atoms with Crippen LogP contribution in [0.5, 0.6) is 0 Å². The molecule has 0 bridgehead atoms. The number of carbonyl (C=O) groups excluding carboxylic acids is 1. The molecule has 4 N–H and O–H groups in total. The quantitative estimate of drug-likeness (QED) is 0.218. The summed E-state index contributed by atoms with van der Waals surface area (Å²) in [5, 5.41) is 27.5. The smallest absolute Gasteiger partial charge is 0.317 e. The number of urea groups is 1. The van der Waals surface area contributed by atoms with E-state index in [4.69, 9.17) is 16.7 Å². The lowest BCUT2D eigenvalue weighted by molar-refractivity contribution is -0.138. The van der Waals surface area contributed by atoms with Gasteiger partial charge in [-0.05, 0) is 73.9 Å². The van der Waals surface area contributed by atoms with Gasteiger partial charge in [-0.1, -0.05) is 84.4 Å². The highest BCUT2D eigenvalue weighted by Gasteiger charge is 2.37. The molecule has 3 aromatic rings. The summed E-state index contributed by atoms with van der Waals surface area (Å²) in [4.78, 5) is 28.6. The molecule has 5 rings (SSSR count). The molecule has 9 heteroatoms. The maximum atomic E-state index is 13.2. The summed E-state index contributed by atoms with van der Waals surface area (Å²) < 4.78 is 0. The number of piperidine rings is 2. The topological polar surface area (TPSA) is 105 Å². The number of benzene rings is 3. The molecule has 0 saturated carbocycles. The molecule has 2 aliphatic rings. The number of carboxylic acids is 1. The highest BCUT2D eigenvalue weighted by Crippen LogP contribution is 2.38. The zero-order chi connectivity index (χ0) is 31.7. The molecular formula is C36H45ClN4O4. The first kappa shape index (κ1) is 32.9. The third-order valence-electron chi connectivity index (χ3n) is 9.63. The number of carbonyl (C=O) groups is 2. The van der Waals surface area contributed by atoms with Crippen LogP contribution in [0.15, 0.2) is 84.9 Å². The first-order valence-electron chi connectivity index (χ1n) is 16.1. The highest BCUT2D eigenvalue weighted by atomic mass is 35.5. The van der Waals surface area contributed by atoms with E-state index in [2.05, 4.69) is 64.1 Å². The van der Waals surface area contributed by atoms with Crippen LogP contribution in [0.3, 0.4) is 0 Å². The molecule has 2 aliphatic heterocycles. The van der Waals surface area contributed by atoms with Crippen LogP contribution in [0, 0.1) is 0 Å². The van der Waals surface area contributed by atoms with Gasteiger partial charge in [0.15, 0.2) is 0 Å². The van der Waals surface area contributed by atoms with Crippen LogP contribution >= 0.6 is 11.6 Å². The predicted octanol–water partition coefficient (Wildman–Crippen LogP) is 5.24. The Bertz CT molecular complexity index is 1330. The number of halogens is 1. The molecule has 45 heavy (non-hydrogen) atoms. The zero-order valence-electron chi connectivity index (χ0n) is 25.8. The predicted molar refractivity (Wildman–Crippen MR) is 178 cm³/mol. The number of amides is 2. The second kappa shape index (κ2) is 15.2. The molecule has 8 nitrogen and oxygen atoms in total. The molecule has 0 spiro atoms. The Kier molecular flexibility index (Phi) is 11.2. The van der Waals surface area contributed by atoms with Gasteiger partial charge in [0.1, 0.15) is 0 Å². The van der Waals surface area contributed by atoms with E-state index >= 15 is 0 Å². The SMILES string of the molecule is O=C(O)CN1CCC(NC(=O)NCC(CCCN2CCC(O)(c3ccc(Cl)cc3)CC2)(c2ccccc2)c2ccccc2)CC1. The molecule has 240 valence electrons. The Balaban J connectivity index is 1.23. The van der Waals surface area contributed by atoms with Gasteiger partial charge in [-0.25, -0.2) is 4.79 Å². The van der Waals surface area contributed by atoms with Crippen LogP contribution in [0.25, 0.3) is 0 Å². The molecule has 0 radical (unpaired) electrons. The molecule has 0 aliphatic carbocycles. The average molecular weight is 633 g/mol. The number of likely N-dealkylation sites (tertiary alicyclic amines) is 2. The molecular weight excluding hydrogens is 588 g/mol. The van der Waals surface area contributed by atoms with Crippen molar-refractivity contribution >= 4 is 23.6 Å². The first-order chi connectivity index (χ1) is 21.8. The number of rotatable bonds is 12. The molecule has 0 atom stereocenters. The zero-order valence-corrected chi connectivity index (χ0v) is 26.6. The van der Waals surface area contributed by atoms with Gasteiger partial charge in [-0.15, -0.1) is 0 Å². The number of nitrogens with zero attached hydrogens (tertiary/aromatic N) is 2. The molecule has 2 amide bonds. The van der Waals surface area contributed by atoms with Crippen LogP contribution in [0.1, 0.15) is 55.2 Å². The van der Waals surface area contributed by atoms with E-state index in [0.717, 1.165) is 62.0 Å². The summed E-state index contributed by atoms with van der Waals surface area (Å²) in [7, 11) is 0. The van der Waals surface area contributed by atoms with Crippen LogP contribution in [-0.4, -0.2) is 83.9 Å². The molecule has 2 heterocycles. The first-order valence-corrected chi connectivity index (χ1v) is 16.4. The number of nitrogens with one attached hydrogen (secondary N) is 2. The fourth-order valence-corrected chi connectivity index (χ4v) is 7.08. The lowest BCUT2D eigenvalue weighted by Gasteiger charge is -2.40. The summed E-state index contributed by atoms with van der Waals surface area (Å²) >= 11 is 6.07. The number of carboxylic acid groups (broad SMARTS) is 1. The van der Waals surface area contributed by atoms with E-state index in [1.807, 2.05) is 41.3 Å². The molecule has 0 aromatic heterocycles. The maximum Gasteiger partial charge on any atom is 0.317 e. The van der Waals surface area contributed by atoms with Gasteiger partial charge < -0.3 is 25.7 Å². The third kappa shape index (κ3) is 8.64. The van der Waals surface area contributed by atoms with Crippen LogP contribution in [0.2, 0.25) is 5.02 Å². The average Bonchev–Trinajstić information content (AvgIpc) is 3.05. The number of hydrogen-bond acceptors (Lipinski definition) is 5. The Hall–Kier alpha value is -3.43. The molecule has 2 saturated heterocycles. The highest BCUT2D eigenvalue weighted by molar-refractivity contribution is 6.30. The van der Waals surface area contributed by atoms with Crippen molar-refractivity contribution in [1.29, 1.82) is 0 Å². The number of hydrogen-bond donors (Lipinski definition) is 4. The largest absolute Gasteiger partial charge is 0.480 e. The van der Waals surface area contributed by atoms with Gasteiger partial charge in [0.2, 0.25) is 0 Å². The minimum Gasteiger partial charge on any atom is -0.480 e. The summed E-state index contributed by atoms with van der Waals surface area (Å²) in [6.07, 6.45) is 4.57. The minimum atomic E-state index is -0.830. The van der Waals surface area contributed by atoms with E-state index in [-0.39, 0.29) is 18.6 Å². The molecule has 2 fully saturated rings. The van der Waals surface area contributed by atoms with Gasteiger partial charge in [-0.2, -0.15) is 0 Å². The van der Waals surface area contributed by atoms with Crippen molar-refractivity contribution < 1.29 is 19.8 Å². The number of aliphatic hydroxyl groups is 1. The second-order valence-electron chi connectivity index (χ2n) is 12.6. The Labute approximate surface area is 271 Å². The van der Waals surface area contributed by atoms with E-state index < -0.39 is 17.0 Å². The molecule has 3 aromatic carbocycles. The minimum absolute atomic E-state index is 0.0171. The number of aliphatic carboxylic acids is 1. The van der Waals surface area contributed by atoms with Gasteiger partial charge in [0.25, 0.3) is 0 Å². The fourth-order valence-electron chi connectivity index (χ4n) is 6.96. The van der Waals surface area contributed by atoms with Gasteiger partial charge >= 0.3 is 12.0 Å². The maximum absolute atomic E-state index is 13.2. The summed E-state index contributed by atoms with van der Waals surface area (Å²) in [5.74, 6) is -0.822. The van der Waals surface area contributed by atoms with Crippen molar-refractivity contribution in [3.05, 3.63) is 107 Å². The van der Waals surface area contributed by atoms with E-state index in [0.29, 0.717) is 37.5 Å². The third-order valence-corrected chi connectivity index (χ3v) is 9.88. The van der Waals surface area contributed by atoms with Crippen molar-refractivity contribution in [3.63, 3.8) is 0 Å². The lowest BCUT2D eigenvalue weighted by Crippen LogP contribution is -2.51. The van der Waals surface area contributed by atoms with E-state index in [1.54, 1.807) is 0 Å². The van der Waals surface area contributed by atoms with Crippen molar-refractivity contribution in [3.8, 4) is 0 Å². The second-order valence-corrected chi connectivity index (χ2v) is 13.0. The monoisotopic (exact) mass is 632 g/mol. The standard InChI is InChI=1S/C36H45ClN4O4/c37-31-14-12-30(13-15-31)36(45)19-24-40(25-20-36)21-7-18-35(28-8-3-1-4-9-28,29-10-5-2-6-11-29)27-38-34(44)39-32-16-22-41(23-17-32)26-33(42)43/h1-6,8-15,32,45H,7,16-27H2,(H,42,43)(H2,38,39,44). The van der Waals surface area contributed by atoms with E-state index in [9.17, 15) is 14.7 Å².